The second kappa shape index (κ2) is 7.86. The van der Waals surface area contributed by atoms with Crippen molar-refractivity contribution in [2.24, 2.45) is 0 Å². The standard InChI is InChI=1S/C21H17ClN4O5/c1-25(31-2)20(29)12-5-3-4-11(8-12)10-26-21(30)16-17(19(28)24-26)23-15-9-13(22)6-7-14(15)18(16)27/h3-9H,10H2,1-2H3,(H,23,27)(H,24,28). The number of hydrogen-bond donors (Lipinski definition) is 2. The van der Waals surface area contributed by atoms with Crippen LogP contribution in [0.25, 0.3) is 21.8 Å². The number of amides is 1. The Labute approximate surface area is 179 Å². The molecule has 0 aliphatic rings. The zero-order valence-electron chi connectivity index (χ0n) is 16.6. The Morgan fingerprint density at radius 2 is 1.94 bits per heavy atom. The maximum Gasteiger partial charge on any atom is 0.287 e. The van der Waals surface area contributed by atoms with E-state index in [4.69, 9.17) is 16.4 Å². The third-order valence-corrected chi connectivity index (χ3v) is 5.20. The Morgan fingerprint density at radius 3 is 2.68 bits per heavy atom. The first-order chi connectivity index (χ1) is 14.8. The third-order valence-electron chi connectivity index (χ3n) is 4.96. The van der Waals surface area contributed by atoms with Crippen LogP contribution in [0.2, 0.25) is 5.02 Å². The molecule has 4 rings (SSSR count). The van der Waals surface area contributed by atoms with Gasteiger partial charge < -0.3 is 4.98 Å². The number of rotatable bonds is 4. The molecular formula is C21H17ClN4O5. The monoisotopic (exact) mass is 440 g/mol. The molecule has 2 aromatic heterocycles. The Kier molecular flexibility index (Phi) is 5.22. The molecule has 0 aliphatic heterocycles. The van der Waals surface area contributed by atoms with Gasteiger partial charge in [0.05, 0.1) is 19.2 Å². The number of benzene rings is 2. The number of pyridine rings is 1. The lowest BCUT2D eigenvalue weighted by molar-refractivity contribution is -0.0757. The van der Waals surface area contributed by atoms with Crippen LogP contribution in [0.5, 0.6) is 0 Å². The molecule has 1 amide bonds. The SMILES string of the molecule is CON(C)C(=O)c1cccc(Cn2[nH]c(=O)c3[nH]c4cc(Cl)ccc4c(=O)c3c2=O)c1. The number of nitrogens with one attached hydrogen (secondary N) is 2. The minimum absolute atomic E-state index is 0.0417. The average molecular weight is 441 g/mol. The second-order valence-corrected chi connectivity index (χ2v) is 7.35. The first-order valence-electron chi connectivity index (χ1n) is 9.19. The van der Waals surface area contributed by atoms with Crippen LogP contribution in [0.3, 0.4) is 0 Å². The number of aromatic amines is 2. The molecule has 0 atom stereocenters. The minimum atomic E-state index is -0.654. The van der Waals surface area contributed by atoms with Crippen LogP contribution < -0.4 is 16.5 Å². The molecule has 0 fully saturated rings. The Balaban J connectivity index is 1.85. The van der Waals surface area contributed by atoms with E-state index in [9.17, 15) is 19.2 Å². The number of nitrogens with zero attached hydrogens (tertiary/aromatic N) is 2. The van der Waals surface area contributed by atoms with Crippen molar-refractivity contribution in [1.82, 2.24) is 19.8 Å². The molecule has 2 N–H and O–H groups in total. The summed E-state index contributed by atoms with van der Waals surface area (Å²) in [5.41, 5.74) is -0.669. The number of halogens is 1. The molecule has 10 heteroatoms. The van der Waals surface area contributed by atoms with E-state index < -0.39 is 16.5 Å². The predicted molar refractivity (Wildman–Crippen MR) is 117 cm³/mol. The average Bonchev–Trinajstić information content (AvgIpc) is 2.76. The van der Waals surface area contributed by atoms with Crippen molar-refractivity contribution in [2.75, 3.05) is 14.2 Å². The third kappa shape index (κ3) is 3.65. The van der Waals surface area contributed by atoms with Crippen molar-refractivity contribution in [1.29, 1.82) is 0 Å². The van der Waals surface area contributed by atoms with Crippen molar-refractivity contribution in [3.63, 3.8) is 0 Å². The summed E-state index contributed by atoms with van der Waals surface area (Å²) in [6.07, 6.45) is 0. The van der Waals surface area contributed by atoms with E-state index in [0.717, 1.165) is 9.75 Å². The first kappa shape index (κ1) is 20.6. The van der Waals surface area contributed by atoms with Gasteiger partial charge in [-0.15, -0.1) is 0 Å². The predicted octanol–water partition coefficient (Wildman–Crippen LogP) is 1.87. The molecule has 2 heterocycles. The summed E-state index contributed by atoms with van der Waals surface area (Å²) in [6, 6.07) is 11.1. The molecule has 0 aliphatic carbocycles. The van der Waals surface area contributed by atoms with Gasteiger partial charge in [0.2, 0.25) is 5.43 Å². The molecule has 0 saturated carbocycles. The lowest BCUT2D eigenvalue weighted by atomic mass is 10.1. The van der Waals surface area contributed by atoms with Crippen molar-refractivity contribution < 1.29 is 9.63 Å². The zero-order chi connectivity index (χ0) is 22.3. The molecule has 0 spiro atoms. The molecule has 2 aromatic carbocycles. The quantitative estimate of drug-likeness (QED) is 0.371. The van der Waals surface area contributed by atoms with E-state index >= 15 is 0 Å². The summed E-state index contributed by atoms with van der Waals surface area (Å²) in [5.74, 6) is -0.370. The van der Waals surface area contributed by atoms with Gasteiger partial charge in [-0.1, -0.05) is 23.7 Å². The minimum Gasteiger partial charge on any atom is -0.350 e. The van der Waals surface area contributed by atoms with E-state index in [0.29, 0.717) is 21.7 Å². The first-order valence-corrected chi connectivity index (χ1v) is 9.57. The number of aromatic nitrogens is 3. The van der Waals surface area contributed by atoms with Crippen molar-refractivity contribution in [3.05, 3.63) is 89.5 Å². The van der Waals surface area contributed by atoms with Crippen LogP contribution in [0.1, 0.15) is 15.9 Å². The molecule has 0 radical (unpaired) electrons. The van der Waals surface area contributed by atoms with E-state index in [1.807, 2.05) is 0 Å². The van der Waals surface area contributed by atoms with Gasteiger partial charge >= 0.3 is 0 Å². The molecule has 9 nitrogen and oxygen atoms in total. The fourth-order valence-electron chi connectivity index (χ4n) is 3.36. The molecule has 0 bridgehead atoms. The largest absolute Gasteiger partial charge is 0.350 e. The summed E-state index contributed by atoms with van der Waals surface area (Å²) >= 11 is 5.96. The van der Waals surface area contributed by atoms with Crippen LogP contribution in [-0.2, 0) is 11.4 Å². The summed E-state index contributed by atoms with van der Waals surface area (Å²) in [5, 5.41) is 3.95. The fraction of sp³-hybridized carbons (Fsp3) is 0.143. The van der Waals surface area contributed by atoms with Gasteiger partial charge in [0.25, 0.3) is 17.0 Å². The van der Waals surface area contributed by atoms with Gasteiger partial charge in [0.15, 0.2) is 0 Å². The smallest absolute Gasteiger partial charge is 0.287 e. The molecule has 0 unspecified atom stereocenters. The summed E-state index contributed by atoms with van der Waals surface area (Å²) in [6.45, 7) is -0.0417. The van der Waals surface area contributed by atoms with E-state index in [2.05, 4.69) is 10.1 Å². The second-order valence-electron chi connectivity index (χ2n) is 6.91. The van der Waals surface area contributed by atoms with Gasteiger partial charge in [-0.3, -0.25) is 29.1 Å². The maximum absolute atomic E-state index is 13.0. The van der Waals surface area contributed by atoms with Gasteiger partial charge in [-0.25, -0.2) is 9.75 Å². The number of carbonyl (C=O) groups excluding carboxylic acids is 1. The Bertz CT molecular complexity index is 1520. The maximum atomic E-state index is 13.0. The molecular weight excluding hydrogens is 424 g/mol. The van der Waals surface area contributed by atoms with Gasteiger partial charge in [-0.2, -0.15) is 0 Å². The van der Waals surface area contributed by atoms with E-state index in [1.54, 1.807) is 24.3 Å². The van der Waals surface area contributed by atoms with Crippen LogP contribution in [-0.4, -0.2) is 39.9 Å². The highest BCUT2D eigenvalue weighted by Crippen LogP contribution is 2.16. The number of hydroxylamine groups is 2. The van der Waals surface area contributed by atoms with Crippen LogP contribution in [0, 0.1) is 0 Å². The van der Waals surface area contributed by atoms with Crippen LogP contribution >= 0.6 is 11.6 Å². The number of carbonyl (C=O) groups is 1. The highest BCUT2D eigenvalue weighted by atomic mass is 35.5. The number of fused-ring (bicyclic) bond motifs is 2. The normalized spacial score (nSPS) is 11.2. The number of hydrogen-bond acceptors (Lipinski definition) is 5. The summed E-state index contributed by atoms with van der Waals surface area (Å²) in [4.78, 5) is 58.6. The molecule has 0 saturated heterocycles. The summed E-state index contributed by atoms with van der Waals surface area (Å²) in [7, 11) is 2.85. The van der Waals surface area contributed by atoms with Crippen LogP contribution in [0.4, 0.5) is 0 Å². The van der Waals surface area contributed by atoms with Crippen molar-refractivity contribution in [3.8, 4) is 0 Å². The van der Waals surface area contributed by atoms with E-state index in [1.165, 1.54) is 32.4 Å². The summed E-state index contributed by atoms with van der Waals surface area (Å²) < 4.78 is 1.05. The topological polar surface area (TPSA) is 117 Å². The lowest BCUT2D eigenvalue weighted by Gasteiger charge is -2.14. The molecule has 158 valence electrons. The van der Waals surface area contributed by atoms with Gasteiger partial charge in [-0.05, 0) is 35.9 Å². The Morgan fingerprint density at radius 1 is 1.16 bits per heavy atom. The lowest BCUT2D eigenvalue weighted by Crippen LogP contribution is -2.34. The van der Waals surface area contributed by atoms with Crippen LogP contribution in [0.15, 0.2) is 56.8 Å². The molecule has 31 heavy (non-hydrogen) atoms. The van der Waals surface area contributed by atoms with Gasteiger partial charge in [0.1, 0.15) is 10.9 Å². The zero-order valence-corrected chi connectivity index (χ0v) is 17.3. The molecule has 4 aromatic rings. The van der Waals surface area contributed by atoms with E-state index in [-0.39, 0.29) is 28.7 Å². The fourth-order valence-corrected chi connectivity index (χ4v) is 3.54. The highest BCUT2D eigenvalue weighted by Gasteiger charge is 2.16. The van der Waals surface area contributed by atoms with Crippen molar-refractivity contribution in [2.45, 2.75) is 6.54 Å². The number of H-pyrrole nitrogens is 2. The Hall–Kier alpha value is -3.69. The van der Waals surface area contributed by atoms with Crippen molar-refractivity contribution >= 4 is 39.3 Å². The highest BCUT2D eigenvalue weighted by molar-refractivity contribution is 6.31. The van der Waals surface area contributed by atoms with Gasteiger partial charge in [0, 0.05) is 23.0 Å².